The van der Waals surface area contributed by atoms with Crippen molar-refractivity contribution in [3.8, 4) is 11.5 Å². The lowest BCUT2D eigenvalue weighted by atomic mass is 10.2. The smallest absolute Gasteiger partial charge is 0.145 e. The number of anilines is 1. The van der Waals surface area contributed by atoms with E-state index in [0.29, 0.717) is 0 Å². The quantitative estimate of drug-likeness (QED) is 0.709. The van der Waals surface area contributed by atoms with Crippen molar-refractivity contribution in [1.82, 2.24) is 5.32 Å². The molecular formula is C13H20N2O2. The molecule has 0 atom stereocenters. The van der Waals surface area contributed by atoms with Crippen LogP contribution < -0.4 is 20.1 Å². The van der Waals surface area contributed by atoms with Crippen molar-refractivity contribution in [2.75, 3.05) is 32.6 Å². The molecule has 0 heterocycles. The van der Waals surface area contributed by atoms with Crippen LogP contribution >= 0.6 is 0 Å². The molecule has 4 nitrogen and oxygen atoms in total. The van der Waals surface area contributed by atoms with Crippen LogP contribution in [0.4, 0.5) is 5.69 Å². The maximum atomic E-state index is 5.32. The minimum absolute atomic E-state index is 0.759. The van der Waals surface area contributed by atoms with Crippen LogP contribution in [0.2, 0.25) is 0 Å². The molecule has 2 N–H and O–H groups in total. The Balaban J connectivity index is 1.84. The number of nitrogens with one attached hydrogen (secondary N) is 2. The van der Waals surface area contributed by atoms with E-state index < -0.39 is 0 Å². The molecule has 0 saturated heterocycles. The predicted molar refractivity (Wildman–Crippen MR) is 69.1 cm³/mol. The summed E-state index contributed by atoms with van der Waals surface area (Å²) in [6.07, 6.45) is 2.65. The average Bonchev–Trinajstić information content (AvgIpc) is 3.18. The minimum atomic E-state index is 0.759. The second-order valence-corrected chi connectivity index (χ2v) is 4.22. The van der Waals surface area contributed by atoms with Crippen LogP contribution in [0.25, 0.3) is 0 Å². The molecule has 1 saturated carbocycles. The van der Waals surface area contributed by atoms with Crippen LogP contribution in [0.3, 0.4) is 0 Å². The highest BCUT2D eigenvalue weighted by Gasteiger charge is 2.19. The third-order valence-electron chi connectivity index (χ3n) is 2.86. The van der Waals surface area contributed by atoms with Crippen molar-refractivity contribution >= 4 is 5.69 Å². The van der Waals surface area contributed by atoms with Crippen molar-refractivity contribution in [1.29, 1.82) is 0 Å². The molecule has 1 aliphatic rings. The largest absolute Gasteiger partial charge is 0.497 e. The Morgan fingerprint density at radius 3 is 2.65 bits per heavy atom. The van der Waals surface area contributed by atoms with Gasteiger partial charge in [0.05, 0.1) is 19.9 Å². The van der Waals surface area contributed by atoms with Crippen LogP contribution in [0.1, 0.15) is 12.8 Å². The second kappa shape index (κ2) is 5.77. The first kappa shape index (κ1) is 12.0. The van der Waals surface area contributed by atoms with Crippen LogP contribution in [0.15, 0.2) is 18.2 Å². The van der Waals surface area contributed by atoms with E-state index in [-0.39, 0.29) is 0 Å². The second-order valence-electron chi connectivity index (χ2n) is 4.22. The Morgan fingerprint density at radius 2 is 2.00 bits per heavy atom. The van der Waals surface area contributed by atoms with Gasteiger partial charge in [-0.3, -0.25) is 0 Å². The molecule has 17 heavy (non-hydrogen) atoms. The zero-order valence-corrected chi connectivity index (χ0v) is 10.5. The van der Waals surface area contributed by atoms with Gasteiger partial charge < -0.3 is 20.1 Å². The van der Waals surface area contributed by atoms with Gasteiger partial charge in [0.2, 0.25) is 0 Å². The van der Waals surface area contributed by atoms with Crippen LogP contribution in [-0.4, -0.2) is 33.4 Å². The van der Waals surface area contributed by atoms with E-state index in [1.165, 1.54) is 12.8 Å². The van der Waals surface area contributed by atoms with E-state index in [2.05, 4.69) is 10.6 Å². The van der Waals surface area contributed by atoms with Crippen LogP contribution in [0.5, 0.6) is 11.5 Å². The molecule has 0 radical (unpaired) electrons. The average molecular weight is 236 g/mol. The van der Waals surface area contributed by atoms with E-state index in [1.54, 1.807) is 14.2 Å². The molecule has 4 heteroatoms. The van der Waals surface area contributed by atoms with Crippen molar-refractivity contribution in [2.24, 2.45) is 0 Å². The Hall–Kier alpha value is -1.42. The summed E-state index contributed by atoms with van der Waals surface area (Å²) in [5, 5.41) is 6.81. The molecule has 0 aliphatic heterocycles. The Bertz CT molecular complexity index is 364. The van der Waals surface area contributed by atoms with Gasteiger partial charge >= 0.3 is 0 Å². The van der Waals surface area contributed by atoms with Gasteiger partial charge in [0.15, 0.2) is 0 Å². The first-order chi connectivity index (χ1) is 8.33. The molecule has 1 aromatic carbocycles. The molecule has 94 valence electrons. The van der Waals surface area contributed by atoms with Crippen LogP contribution in [-0.2, 0) is 0 Å². The van der Waals surface area contributed by atoms with E-state index in [9.17, 15) is 0 Å². The maximum absolute atomic E-state index is 5.32. The first-order valence-corrected chi connectivity index (χ1v) is 6.03. The van der Waals surface area contributed by atoms with E-state index in [4.69, 9.17) is 9.47 Å². The fraction of sp³-hybridized carbons (Fsp3) is 0.538. The van der Waals surface area contributed by atoms with Gasteiger partial charge in [-0.1, -0.05) is 0 Å². The van der Waals surface area contributed by atoms with Gasteiger partial charge in [-0.2, -0.15) is 0 Å². The summed E-state index contributed by atoms with van der Waals surface area (Å²) in [6, 6.07) is 6.56. The van der Waals surface area contributed by atoms with Gasteiger partial charge in [-0.05, 0) is 25.0 Å². The topological polar surface area (TPSA) is 42.5 Å². The lowest BCUT2D eigenvalue weighted by Crippen LogP contribution is -2.24. The number of ether oxygens (including phenoxy) is 2. The Morgan fingerprint density at radius 1 is 1.18 bits per heavy atom. The summed E-state index contributed by atoms with van der Waals surface area (Å²) < 4.78 is 10.5. The van der Waals surface area contributed by atoms with Gasteiger partial charge in [0.25, 0.3) is 0 Å². The monoisotopic (exact) mass is 236 g/mol. The van der Waals surface area contributed by atoms with Crippen molar-refractivity contribution in [2.45, 2.75) is 18.9 Å². The highest BCUT2D eigenvalue weighted by Crippen LogP contribution is 2.28. The van der Waals surface area contributed by atoms with Crippen LogP contribution in [0, 0.1) is 0 Å². The third-order valence-corrected chi connectivity index (χ3v) is 2.86. The molecule has 0 bridgehead atoms. The van der Waals surface area contributed by atoms with Gasteiger partial charge in [-0.25, -0.2) is 0 Å². The SMILES string of the molecule is COc1ccc(NCCNC2CC2)c(OC)c1. The number of benzene rings is 1. The van der Waals surface area contributed by atoms with Gasteiger partial charge in [-0.15, -0.1) is 0 Å². The van der Waals surface area contributed by atoms with E-state index in [1.807, 2.05) is 18.2 Å². The maximum Gasteiger partial charge on any atom is 0.145 e. The first-order valence-electron chi connectivity index (χ1n) is 6.03. The van der Waals surface area contributed by atoms with Gasteiger partial charge in [0, 0.05) is 25.2 Å². The predicted octanol–water partition coefficient (Wildman–Crippen LogP) is 1.87. The van der Waals surface area contributed by atoms with Crippen molar-refractivity contribution < 1.29 is 9.47 Å². The van der Waals surface area contributed by atoms with Crippen molar-refractivity contribution in [3.63, 3.8) is 0 Å². The lowest BCUT2D eigenvalue weighted by molar-refractivity contribution is 0.395. The standard InChI is InChI=1S/C13H20N2O2/c1-16-11-5-6-12(13(9-11)17-2)15-8-7-14-10-3-4-10/h5-6,9-10,14-15H,3-4,7-8H2,1-2H3. The summed E-state index contributed by atoms with van der Waals surface area (Å²) in [7, 11) is 3.32. The molecule has 1 aliphatic carbocycles. The number of hydrogen-bond donors (Lipinski definition) is 2. The van der Waals surface area contributed by atoms with E-state index >= 15 is 0 Å². The summed E-state index contributed by atoms with van der Waals surface area (Å²) >= 11 is 0. The molecular weight excluding hydrogens is 216 g/mol. The third kappa shape index (κ3) is 3.53. The fourth-order valence-corrected chi connectivity index (χ4v) is 1.71. The van der Waals surface area contributed by atoms with Gasteiger partial charge in [0.1, 0.15) is 11.5 Å². The normalized spacial score (nSPS) is 14.5. The Kier molecular flexibility index (Phi) is 4.09. The summed E-state index contributed by atoms with van der Waals surface area (Å²) in [5.74, 6) is 1.62. The highest BCUT2D eigenvalue weighted by atomic mass is 16.5. The molecule has 1 aromatic rings. The summed E-state index contributed by atoms with van der Waals surface area (Å²) in [4.78, 5) is 0. The fourth-order valence-electron chi connectivity index (χ4n) is 1.71. The number of rotatable bonds is 7. The zero-order chi connectivity index (χ0) is 12.1. The molecule has 2 rings (SSSR count). The molecule has 0 aromatic heterocycles. The van der Waals surface area contributed by atoms with Crippen molar-refractivity contribution in [3.05, 3.63) is 18.2 Å². The zero-order valence-electron chi connectivity index (χ0n) is 10.5. The van der Waals surface area contributed by atoms with E-state index in [0.717, 1.165) is 36.3 Å². The number of hydrogen-bond acceptors (Lipinski definition) is 4. The lowest BCUT2D eigenvalue weighted by Gasteiger charge is -2.12. The molecule has 0 amide bonds. The number of methoxy groups -OCH3 is 2. The molecule has 0 unspecified atom stereocenters. The highest BCUT2D eigenvalue weighted by molar-refractivity contribution is 5.59. The summed E-state index contributed by atoms with van der Waals surface area (Å²) in [6.45, 7) is 1.89. The summed E-state index contributed by atoms with van der Waals surface area (Å²) in [5.41, 5.74) is 1.01. The molecule has 1 fully saturated rings. The molecule has 0 spiro atoms. The minimum Gasteiger partial charge on any atom is -0.497 e. The Labute approximate surface area is 102 Å².